The number of hydrogen-bond acceptors (Lipinski definition) is 4. The van der Waals surface area contributed by atoms with Crippen LogP contribution in [0, 0.1) is 31.6 Å². The molecule has 0 spiro atoms. The molecule has 1 aliphatic carbocycles. The summed E-state index contributed by atoms with van der Waals surface area (Å²) in [5.41, 5.74) is 3.37. The predicted molar refractivity (Wildman–Crippen MR) is 107 cm³/mol. The molecule has 1 aromatic heterocycles. The van der Waals surface area contributed by atoms with E-state index in [2.05, 4.69) is 22.1 Å². The van der Waals surface area contributed by atoms with Crippen LogP contribution in [0.25, 0.3) is 0 Å². The third-order valence-corrected chi connectivity index (χ3v) is 4.98. The molecular weight excluding hydrogens is 352 g/mol. The molecule has 0 radical (unpaired) electrons. The molecule has 1 heterocycles. The number of nitrogens with one attached hydrogen (secondary N) is 1. The minimum atomic E-state index is -0.803. The number of benzene rings is 1. The van der Waals surface area contributed by atoms with Gasteiger partial charge in [-0.15, -0.1) is 5.92 Å². The molecular formula is C23H22N2O3. The van der Waals surface area contributed by atoms with Gasteiger partial charge in [-0.05, 0) is 61.7 Å². The van der Waals surface area contributed by atoms with Crippen molar-refractivity contribution in [2.24, 2.45) is 5.92 Å². The first-order chi connectivity index (χ1) is 13.4. The molecule has 1 aliphatic rings. The normalized spacial score (nSPS) is 19.0. The zero-order chi connectivity index (χ0) is 20.3. The van der Waals surface area contributed by atoms with E-state index in [-0.39, 0.29) is 30.3 Å². The van der Waals surface area contributed by atoms with Crippen LogP contribution in [-0.2, 0) is 14.4 Å². The molecule has 28 heavy (non-hydrogen) atoms. The average molecular weight is 374 g/mol. The Hall–Kier alpha value is -3.26. The van der Waals surface area contributed by atoms with Crippen LogP contribution >= 0.6 is 0 Å². The molecule has 1 N–H and O–H groups in total. The van der Waals surface area contributed by atoms with E-state index >= 15 is 0 Å². The van der Waals surface area contributed by atoms with Crippen molar-refractivity contribution < 1.29 is 14.4 Å². The van der Waals surface area contributed by atoms with Gasteiger partial charge in [-0.2, -0.15) is 0 Å². The summed E-state index contributed by atoms with van der Waals surface area (Å²) in [7, 11) is 0. The number of amides is 1. The van der Waals surface area contributed by atoms with Gasteiger partial charge in [0, 0.05) is 24.6 Å². The van der Waals surface area contributed by atoms with E-state index in [4.69, 9.17) is 0 Å². The van der Waals surface area contributed by atoms with E-state index in [1.807, 2.05) is 26.0 Å². The Bertz CT molecular complexity index is 958. The molecule has 0 unspecified atom stereocenters. The Morgan fingerprint density at radius 2 is 1.75 bits per heavy atom. The van der Waals surface area contributed by atoms with Gasteiger partial charge in [-0.3, -0.25) is 14.4 Å². The number of pyridine rings is 1. The molecule has 5 heteroatoms. The van der Waals surface area contributed by atoms with Crippen molar-refractivity contribution in [1.29, 1.82) is 0 Å². The lowest BCUT2D eigenvalue weighted by Crippen LogP contribution is -2.38. The Labute approximate surface area is 164 Å². The Morgan fingerprint density at radius 1 is 1.11 bits per heavy atom. The van der Waals surface area contributed by atoms with Gasteiger partial charge in [0.05, 0.1) is 5.92 Å². The molecule has 3 rings (SSSR count). The molecule has 0 bridgehead atoms. The number of carbonyl (C=O) groups excluding carboxylic acids is 3. The molecule has 142 valence electrons. The second-order valence-corrected chi connectivity index (χ2v) is 7.07. The molecule has 1 amide bonds. The number of Topliss-reactive ketones (excluding diaryl/α,β-unsaturated/α-hetero) is 2. The van der Waals surface area contributed by atoms with E-state index in [1.165, 1.54) is 0 Å². The second-order valence-electron chi connectivity index (χ2n) is 7.07. The number of aryl methyl sites for hydroxylation is 2. The summed E-state index contributed by atoms with van der Waals surface area (Å²) in [5.74, 6) is 4.05. The number of anilines is 1. The maximum absolute atomic E-state index is 12.8. The summed E-state index contributed by atoms with van der Waals surface area (Å²) in [5, 5.41) is 2.68. The van der Waals surface area contributed by atoms with E-state index in [0.29, 0.717) is 5.82 Å². The number of hydrogen-bond donors (Lipinski definition) is 1. The van der Waals surface area contributed by atoms with Gasteiger partial charge in [0.1, 0.15) is 23.3 Å². The quantitative estimate of drug-likeness (QED) is 0.660. The molecule has 0 saturated heterocycles. The number of ketones is 2. The highest BCUT2D eigenvalue weighted by Crippen LogP contribution is 2.35. The Kier molecular flexibility index (Phi) is 5.70. The number of carbonyl (C=O) groups is 3. The summed E-state index contributed by atoms with van der Waals surface area (Å²) < 4.78 is 0. The lowest BCUT2D eigenvalue weighted by atomic mass is 9.74. The number of rotatable bonds is 3. The minimum Gasteiger partial charge on any atom is -0.310 e. The molecule has 0 atom stereocenters. The molecule has 1 fully saturated rings. The maximum Gasteiger partial charge on any atom is 0.229 e. The summed E-state index contributed by atoms with van der Waals surface area (Å²) >= 11 is 0. The number of nitrogens with zero attached hydrogens (tertiary/aromatic N) is 1. The van der Waals surface area contributed by atoms with Crippen LogP contribution in [0.1, 0.15) is 47.9 Å². The van der Waals surface area contributed by atoms with Crippen molar-refractivity contribution in [3.05, 3.63) is 58.8 Å². The van der Waals surface area contributed by atoms with Gasteiger partial charge in [0.25, 0.3) is 0 Å². The van der Waals surface area contributed by atoms with Crippen molar-refractivity contribution in [2.45, 2.75) is 39.5 Å². The topological polar surface area (TPSA) is 76.1 Å². The summed E-state index contributed by atoms with van der Waals surface area (Å²) in [4.78, 5) is 42.2. The fourth-order valence-electron chi connectivity index (χ4n) is 3.79. The van der Waals surface area contributed by atoms with Crippen molar-refractivity contribution >= 4 is 23.3 Å². The largest absolute Gasteiger partial charge is 0.310 e. The Morgan fingerprint density at radius 3 is 2.29 bits per heavy atom. The van der Waals surface area contributed by atoms with Crippen molar-refractivity contribution in [2.75, 3.05) is 5.32 Å². The lowest BCUT2D eigenvalue weighted by Gasteiger charge is -2.28. The van der Waals surface area contributed by atoms with E-state index in [1.54, 1.807) is 31.3 Å². The first-order valence-electron chi connectivity index (χ1n) is 9.22. The zero-order valence-corrected chi connectivity index (χ0v) is 16.2. The van der Waals surface area contributed by atoms with Crippen LogP contribution in [0.2, 0.25) is 0 Å². The lowest BCUT2D eigenvalue weighted by molar-refractivity contribution is -0.138. The fraction of sp³-hybridized carbons (Fsp3) is 0.304. The van der Waals surface area contributed by atoms with Crippen molar-refractivity contribution in [3.63, 3.8) is 0 Å². The SMILES string of the molecule is CC#Cc1cc(C)c(C2C(=O)CC(C(=O)Nc3ccccn3)CC2=O)c(C)c1. The van der Waals surface area contributed by atoms with Crippen LogP contribution in [0.5, 0.6) is 0 Å². The van der Waals surface area contributed by atoms with Gasteiger partial charge in [0.15, 0.2) is 0 Å². The first kappa shape index (κ1) is 19.5. The van der Waals surface area contributed by atoms with Crippen LogP contribution in [0.4, 0.5) is 5.82 Å². The third kappa shape index (κ3) is 4.01. The third-order valence-electron chi connectivity index (χ3n) is 4.98. The van der Waals surface area contributed by atoms with E-state index in [0.717, 1.165) is 22.3 Å². The van der Waals surface area contributed by atoms with Gasteiger partial charge < -0.3 is 5.32 Å². The van der Waals surface area contributed by atoms with Crippen molar-refractivity contribution in [1.82, 2.24) is 4.98 Å². The van der Waals surface area contributed by atoms with E-state index in [9.17, 15) is 14.4 Å². The maximum atomic E-state index is 12.8. The Balaban J connectivity index is 1.81. The monoisotopic (exact) mass is 374 g/mol. The molecule has 1 aromatic carbocycles. The van der Waals surface area contributed by atoms with Gasteiger partial charge in [0.2, 0.25) is 5.91 Å². The van der Waals surface area contributed by atoms with Gasteiger partial charge >= 0.3 is 0 Å². The van der Waals surface area contributed by atoms with Gasteiger partial charge in [-0.25, -0.2) is 4.98 Å². The summed E-state index contributed by atoms with van der Waals surface area (Å²) in [6.07, 6.45) is 1.66. The van der Waals surface area contributed by atoms with Crippen LogP contribution in [0.3, 0.4) is 0 Å². The van der Waals surface area contributed by atoms with E-state index < -0.39 is 11.8 Å². The van der Waals surface area contributed by atoms with Gasteiger partial charge in [-0.1, -0.05) is 12.0 Å². The predicted octanol–water partition coefficient (Wildman–Crippen LogP) is 3.34. The highest BCUT2D eigenvalue weighted by molar-refractivity contribution is 6.13. The van der Waals surface area contributed by atoms with Crippen LogP contribution in [-0.4, -0.2) is 22.5 Å². The van der Waals surface area contributed by atoms with Crippen LogP contribution < -0.4 is 5.32 Å². The first-order valence-corrected chi connectivity index (χ1v) is 9.22. The minimum absolute atomic E-state index is 0.0461. The molecule has 2 aromatic rings. The molecule has 1 saturated carbocycles. The van der Waals surface area contributed by atoms with Crippen LogP contribution in [0.15, 0.2) is 36.5 Å². The van der Waals surface area contributed by atoms with Crippen molar-refractivity contribution in [3.8, 4) is 11.8 Å². The smallest absolute Gasteiger partial charge is 0.229 e. The fourth-order valence-corrected chi connectivity index (χ4v) is 3.79. The average Bonchev–Trinajstić information content (AvgIpc) is 2.64. The summed E-state index contributed by atoms with van der Waals surface area (Å²) in [6, 6.07) is 8.98. The zero-order valence-electron chi connectivity index (χ0n) is 16.2. The molecule has 5 nitrogen and oxygen atoms in total. The molecule has 0 aliphatic heterocycles. The highest BCUT2D eigenvalue weighted by Gasteiger charge is 2.40. The second kappa shape index (κ2) is 8.18. The standard InChI is InChI=1S/C23H22N2O3/c1-4-7-16-10-14(2)21(15(3)11-16)22-18(26)12-17(13-19(22)27)23(28)25-20-8-5-6-9-24-20/h5-6,8-11,17,22H,12-13H2,1-3H3,(H,24,25,28). The highest BCUT2D eigenvalue weighted by atomic mass is 16.2. The summed E-state index contributed by atoms with van der Waals surface area (Å²) in [6.45, 7) is 5.55. The number of aromatic nitrogens is 1.